The molecule has 2 N–H and O–H groups in total. The molecule has 1 aliphatic rings. The number of halogens is 3. The zero-order valence-corrected chi connectivity index (χ0v) is 14.3. The molecule has 0 unspecified atom stereocenters. The third-order valence-corrected chi connectivity index (χ3v) is 5.24. The van der Waals surface area contributed by atoms with Gasteiger partial charge in [0.2, 0.25) is 5.91 Å². The van der Waals surface area contributed by atoms with Crippen LogP contribution in [0, 0.1) is 0 Å². The van der Waals surface area contributed by atoms with E-state index in [0.29, 0.717) is 22.2 Å². The molecule has 0 bridgehead atoms. The van der Waals surface area contributed by atoms with Gasteiger partial charge in [-0.05, 0) is 24.3 Å². The van der Waals surface area contributed by atoms with Crippen molar-refractivity contribution >= 4 is 35.1 Å². The van der Waals surface area contributed by atoms with Crippen LogP contribution >= 0.6 is 23.5 Å². The molecule has 1 amide bonds. The summed E-state index contributed by atoms with van der Waals surface area (Å²) in [6, 6.07) is 4.19. The summed E-state index contributed by atoms with van der Waals surface area (Å²) in [5.41, 5.74) is 0.701. The number of aromatic amines is 1. The van der Waals surface area contributed by atoms with Gasteiger partial charge in [-0.1, -0.05) is 11.8 Å². The Morgan fingerprint density at radius 3 is 2.68 bits per heavy atom. The number of carbonyl (C=O) groups is 1. The van der Waals surface area contributed by atoms with Gasteiger partial charge in [0.25, 0.3) is 5.56 Å². The molecule has 0 radical (unpaired) electrons. The maximum absolute atomic E-state index is 12.5. The van der Waals surface area contributed by atoms with Crippen LogP contribution in [0.15, 0.2) is 34.2 Å². The highest BCUT2D eigenvalue weighted by molar-refractivity contribution is 7.99. The van der Waals surface area contributed by atoms with Crippen LogP contribution in [0.2, 0.25) is 0 Å². The summed E-state index contributed by atoms with van der Waals surface area (Å²) in [6.07, 6.45) is -4.41. The average molecular weight is 387 g/mol. The smallest absolute Gasteiger partial charge is 0.325 e. The van der Waals surface area contributed by atoms with Crippen molar-refractivity contribution in [3.05, 3.63) is 51.4 Å². The van der Waals surface area contributed by atoms with Crippen molar-refractivity contribution in [1.29, 1.82) is 0 Å². The fourth-order valence-electron chi connectivity index (χ4n) is 2.18. The van der Waals surface area contributed by atoms with E-state index in [1.165, 1.54) is 12.1 Å². The molecule has 1 aromatic carbocycles. The largest absolute Gasteiger partial charge is 0.416 e. The van der Waals surface area contributed by atoms with Gasteiger partial charge in [0.15, 0.2) is 5.16 Å². The number of alkyl halides is 3. The van der Waals surface area contributed by atoms with Crippen molar-refractivity contribution < 1.29 is 18.0 Å². The molecular weight excluding hydrogens is 375 g/mol. The first-order valence-electron chi connectivity index (χ1n) is 7.12. The van der Waals surface area contributed by atoms with Crippen molar-refractivity contribution in [3.8, 4) is 0 Å². The summed E-state index contributed by atoms with van der Waals surface area (Å²) in [4.78, 5) is 30.7. The number of nitrogens with zero attached hydrogens (tertiary/aromatic N) is 1. The zero-order chi connectivity index (χ0) is 18.0. The Labute approximate surface area is 148 Å². The van der Waals surface area contributed by atoms with Crippen LogP contribution in [0.5, 0.6) is 0 Å². The second kappa shape index (κ2) is 7.12. The van der Waals surface area contributed by atoms with Crippen molar-refractivity contribution in [1.82, 2.24) is 9.97 Å². The Morgan fingerprint density at radius 2 is 2.00 bits per heavy atom. The second-order valence-electron chi connectivity index (χ2n) is 5.20. The Bertz CT molecular complexity index is 851. The molecule has 0 spiro atoms. The number of carbonyl (C=O) groups excluding carboxylic acids is 1. The minimum absolute atomic E-state index is 0.0180. The number of benzene rings is 1. The Morgan fingerprint density at radius 1 is 1.28 bits per heavy atom. The number of anilines is 1. The molecule has 132 valence electrons. The summed E-state index contributed by atoms with van der Waals surface area (Å²) in [7, 11) is 0. The number of rotatable bonds is 4. The molecule has 0 atom stereocenters. The van der Waals surface area contributed by atoms with E-state index < -0.39 is 17.6 Å². The van der Waals surface area contributed by atoms with E-state index in [-0.39, 0.29) is 17.0 Å². The standard InChI is InChI=1S/C15H12F3N3O2S2/c16-15(17,18)8-1-3-9(4-2-8)19-12(22)7-25-14-20-11-6-24-5-10(11)13(23)21-14/h1-4H,5-7H2,(H,19,22)(H,20,21,23). The number of nitrogens with one attached hydrogen (secondary N) is 2. The zero-order valence-electron chi connectivity index (χ0n) is 12.6. The summed E-state index contributed by atoms with van der Waals surface area (Å²) in [5, 5.41) is 2.86. The Hall–Kier alpha value is -1.94. The topological polar surface area (TPSA) is 74.8 Å². The third-order valence-electron chi connectivity index (χ3n) is 3.40. The lowest BCUT2D eigenvalue weighted by Gasteiger charge is -2.09. The Balaban J connectivity index is 1.58. The maximum Gasteiger partial charge on any atom is 0.416 e. The van der Waals surface area contributed by atoms with Gasteiger partial charge in [0.1, 0.15) is 0 Å². The van der Waals surface area contributed by atoms with Crippen molar-refractivity contribution in [2.24, 2.45) is 0 Å². The molecule has 0 saturated carbocycles. The van der Waals surface area contributed by atoms with Gasteiger partial charge in [0.05, 0.1) is 17.0 Å². The SMILES string of the molecule is O=C(CSc1nc2c(c(=O)[nH]1)CSC2)Nc1ccc(C(F)(F)F)cc1. The van der Waals surface area contributed by atoms with Gasteiger partial charge in [-0.15, -0.1) is 0 Å². The predicted molar refractivity (Wildman–Crippen MR) is 90.7 cm³/mol. The van der Waals surface area contributed by atoms with Gasteiger partial charge in [0, 0.05) is 22.8 Å². The lowest BCUT2D eigenvalue weighted by Crippen LogP contribution is -2.17. The van der Waals surface area contributed by atoms with Crippen molar-refractivity contribution in [2.45, 2.75) is 22.8 Å². The van der Waals surface area contributed by atoms with E-state index in [1.54, 1.807) is 11.8 Å². The van der Waals surface area contributed by atoms with Crippen LogP contribution in [-0.4, -0.2) is 21.6 Å². The molecule has 0 aliphatic carbocycles. The van der Waals surface area contributed by atoms with Gasteiger partial charge < -0.3 is 10.3 Å². The van der Waals surface area contributed by atoms with E-state index in [9.17, 15) is 22.8 Å². The third kappa shape index (κ3) is 4.37. The molecule has 25 heavy (non-hydrogen) atoms. The van der Waals surface area contributed by atoms with Gasteiger partial charge in [-0.25, -0.2) is 4.98 Å². The number of H-pyrrole nitrogens is 1. The number of aromatic nitrogens is 2. The summed E-state index contributed by atoms with van der Waals surface area (Å²) >= 11 is 2.67. The number of hydrogen-bond acceptors (Lipinski definition) is 5. The van der Waals surface area contributed by atoms with Crippen LogP contribution in [0.1, 0.15) is 16.8 Å². The van der Waals surface area contributed by atoms with Crippen LogP contribution in [0.3, 0.4) is 0 Å². The van der Waals surface area contributed by atoms with Crippen LogP contribution in [0.4, 0.5) is 18.9 Å². The minimum Gasteiger partial charge on any atom is -0.325 e. The monoisotopic (exact) mass is 387 g/mol. The second-order valence-corrected chi connectivity index (χ2v) is 7.15. The maximum atomic E-state index is 12.5. The van der Waals surface area contributed by atoms with Gasteiger partial charge in [-0.3, -0.25) is 9.59 Å². The molecule has 10 heteroatoms. The first kappa shape index (κ1) is 17.9. The number of thioether (sulfide) groups is 2. The van der Waals surface area contributed by atoms with E-state index in [1.807, 2.05) is 0 Å². The highest BCUT2D eigenvalue weighted by Crippen LogP contribution is 2.30. The summed E-state index contributed by atoms with van der Waals surface area (Å²) in [5.74, 6) is 0.888. The molecular formula is C15H12F3N3O2S2. The first-order valence-corrected chi connectivity index (χ1v) is 9.26. The fraction of sp³-hybridized carbons (Fsp3) is 0.267. The lowest BCUT2D eigenvalue weighted by atomic mass is 10.2. The molecule has 0 fully saturated rings. The van der Waals surface area contributed by atoms with Crippen LogP contribution < -0.4 is 10.9 Å². The van der Waals surface area contributed by atoms with Crippen molar-refractivity contribution in [3.63, 3.8) is 0 Å². The van der Waals surface area contributed by atoms with E-state index >= 15 is 0 Å². The molecule has 1 aromatic heterocycles. The number of amides is 1. The van der Waals surface area contributed by atoms with Crippen LogP contribution in [-0.2, 0) is 22.5 Å². The number of fused-ring (bicyclic) bond motifs is 1. The molecule has 0 saturated heterocycles. The molecule has 2 aromatic rings. The van der Waals surface area contributed by atoms with Gasteiger partial charge in [-0.2, -0.15) is 24.9 Å². The van der Waals surface area contributed by atoms with Crippen molar-refractivity contribution in [2.75, 3.05) is 11.1 Å². The quantitative estimate of drug-likeness (QED) is 0.622. The molecule has 5 nitrogen and oxygen atoms in total. The normalized spacial score (nSPS) is 13.6. The summed E-state index contributed by atoms with van der Waals surface area (Å²) in [6.45, 7) is 0. The fourth-order valence-corrected chi connectivity index (χ4v) is 3.90. The number of hydrogen-bond donors (Lipinski definition) is 2. The minimum atomic E-state index is -4.41. The molecule has 1 aliphatic heterocycles. The summed E-state index contributed by atoms with van der Waals surface area (Å²) < 4.78 is 37.5. The predicted octanol–water partition coefficient (Wildman–Crippen LogP) is 3.27. The van der Waals surface area contributed by atoms with Gasteiger partial charge >= 0.3 is 6.18 Å². The van der Waals surface area contributed by atoms with E-state index in [2.05, 4.69) is 15.3 Å². The first-order chi connectivity index (χ1) is 11.8. The highest BCUT2D eigenvalue weighted by atomic mass is 32.2. The average Bonchev–Trinajstić information content (AvgIpc) is 3.02. The van der Waals surface area contributed by atoms with Crippen LogP contribution in [0.25, 0.3) is 0 Å². The molecule has 3 rings (SSSR count). The highest BCUT2D eigenvalue weighted by Gasteiger charge is 2.30. The van der Waals surface area contributed by atoms with E-state index in [4.69, 9.17) is 0 Å². The lowest BCUT2D eigenvalue weighted by molar-refractivity contribution is -0.137. The van der Waals surface area contributed by atoms with E-state index in [0.717, 1.165) is 29.6 Å². The molecule has 2 heterocycles. The Kier molecular flexibility index (Phi) is 5.09.